The van der Waals surface area contributed by atoms with Crippen molar-refractivity contribution in [3.05, 3.63) is 46.8 Å². The maximum Gasteiger partial charge on any atom is 0.348 e. The number of piperidine rings is 1. The van der Waals surface area contributed by atoms with Crippen LogP contribution in [0.1, 0.15) is 66.1 Å². The van der Waals surface area contributed by atoms with Crippen molar-refractivity contribution in [2.75, 3.05) is 40.8 Å². The van der Waals surface area contributed by atoms with E-state index in [4.69, 9.17) is 4.74 Å². The zero-order chi connectivity index (χ0) is 25.9. The van der Waals surface area contributed by atoms with E-state index in [0.29, 0.717) is 16.7 Å². The lowest BCUT2D eigenvalue weighted by Crippen LogP contribution is -2.40. The molecule has 6 nitrogen and oxygen atoms in total. The smallest absolute Gasteiger partial charge is 0.348 e. The number of hydrogen-bond acceptors (Lipinski definition) is 5. The minimum absolute atomic E-state index is 0.116. The van der Waals surface area contributed by atoms with Crippen LogP contribution < -0.4 is 0 Å². The zero-order valence-electron chi connectivity index (χ0n) is 22.4. The first-order valence-electron chi connectivity index (χ1n) is 13.7. The van der Waals surface area contributed by atoms with Gasteiger partial charge in [0.25, 0.3) is 0 Å². The minimum Gasteiger partial charge on any atom is -0.465 e. The Morgan fingerprint density at radius 1 is 1.08 bits per heavy atom. The molecule has 0 radical (unpaired) electrons. The molecule has 7 heteroatoms. The lowest BCUT2D eigenvalue weighted by atomic mass is 9.82. The van der Waals surface area contributed by atoms with Gasteiger partial charge in [0.1, 0.15) is 16.3 Å². The second-order valence-corrected chi connectivity index (χ2v) is 11.9. The molecule has 37 heavy (non-hydrogen) atoms. The highest BCUT2D eigenvalue weighted by Gasteiger charge is 2.30. The first kappa shape index (κ1) is 26.0. The summed E-state index contributed by atoms with van der Waals surface area (Å²) in [4.78, 5) is 32.1. The second-order valence-electron chi connectivity index (χ2n) is 10.9. The number of fused-ring (bicyclic) bond motifs is 1. The van der Waals surface area contributed by atoms with Crippen molar-refractivity contribution < 1.29 is 14.3 Å². The molecule has 3 heterocycles. The zero-order valence-corrected chi connectivity index (χ0v) is 23.2. The maximum absolute atomic E-state index is 13.7. The van der Waals surface area contributed by atoms with Crippen LogP contribution in [-0.4, -0.2) is 67.1 Å². The summed E-state index contributed by atoms with van der Waals surface area (Å²) in [6.07, 6.45) is 8.36. The molecule has 3 aromatic rings. The van der Waals surface area contributed by atoms with E-state index in [2.05, 4.69) is 40.8 Å². The van der Waals surface area contributed by atoms with Gasteiger partial charge >= 0.3 is 5.97 Å². The van der Waals surface area contributed by atoms with Gasteiger partial charge in [0, 0.05) is 25.5 Å². The number of likely N-dealkylation sites (N-methyl/N-ethyl adjacent to an activating group) is 1. The number of amides is 1. The van der Waals surface area contributed by atoms with Gasteiger partial charge in [-0.1, -0.05) is 49.6 Å². The van der Waals surface area contributed by atoms with Crippen molar-refractivity contribution in [2.45, 2.75) is 57.4 Å². The van der Waals surface area contributed by atoms with Crippen LogP contribution in [0.15, 0.2) is 36.4 Å². The summed E-state index contributed by atoms with van der Waals surface area (Å²) < 4.78 is 7.26. The Morgan fingerprint density at radius 2 is 1.84 bits per heavy atom. The number of carbonyl (C=O) groups is 2. The number of hydrogen-bond donors (Lipinski definition) is 0. The molecule has 2 fully saturated rings. The number of aromatic nitrogens is 1. The third-order valence-electron chi connectivity index (χ3n) is 8.19. The lowest BCUT2D eigenvalue weighted by molar-refractivity contribution is -0.131. The van der Waals surface area contributed by atoms with E-state index in [1.165, 1.54) is 56.1 Å². The fraction of sp³-hybridized carbons (Fsp3) is 0.533. The van der Waals surface area contributed by atoms with Gasteiger partial charge in [-0.2, -0.15) is 0 Å². The summed E-state index contributed by atoms with van der Waals surface area (Å²) in [7, 11) is 5.54. The lowest BCUT2D eigenvalue weighted by Gasteiger charge is -2.32. The molecule has 1 aliphatic heterocycles. The van der Waals surface area contributed by atoms with Crippen molar-refractivity contribution in [1.82, 2.24) is 14.4 Å². The maximum atomic E-state index is 13.7. The molecule has 1 saturated heterocycles. The summed E-state index contributed by atoms with van der Waals surface area (Å²) in [5, 5.41) is 1.11. The predicted molar refractivity (Wildman–Crippen MR) is 150 cm³/mol. The Morgan fingerprint density at radius 3 is 2.54 bits per heavy atom. The molecular weight excluding hydrogens is 482 g/mol. The van der Waals surface area contributed by atoms with Crippen LogP contribution in [0.5, 0.6) is 0 Å². The molecule has 0 spiro atoms. The van der Waals surface area contributed by atoms with E-state index in [-0.39, 0.29) is 18.4 Å². The molecule has 1 amide bonds. The molecule has 2 aromatic heterocycles. The molecule has 1 aromatic carbocycles. The van der Waals surface area contributed by atoms with Crippen LogP contribution in [0.4, 0.5) is 0 Å². The topological polar surface area (TPSA) is 54.8 Å². The third kappa shape index (κ3) is 5.48. The van der Waals surface area contributed by atoms with Gasteiger partial charge in [0.2, 0.25) is 5.91 Å². The van der Waals surface area contributed by atoms with Gasteiger partial charge in [-0.05, 0) is 68.3 Å². The minimum atomic E-state index is -0.312. The largest absolute Gasteiger partial charge is 0.465 e. The van der Waals surface area contributed by atoms with Crippen molar-refractivity contribution in [2.24, 2.45) is 5.92 Å². The van der Waals surface area contributed by atoms with Crippen LogP contribution in [0.3, 0.4) is 0 Å². The van der Waals surface area contributed by atoms with E-state index >= 15 is 0 Å². The molecule has 5 rings (SSSR count). The van der Waals surface area contributed by atoms with Crippen LogP contribution in [-0.2, 0) is 16.1 Å². The number of rotatable bonds is 7. The first-order chi connectivity index (χ1) is 18.0. The van der Waals surface area contributed by atoms with E-state index in [1.54, 1.807) is 0 Å². The van der Waals surface area contributed by atoms with E-state index in [9.17, 15) is 9.59 Å². The van der Waals surface area contributed by atoms with E-state index in [0.717, 1.165) is 53.9 Å². The Kier molecular flexibility index (Phi) is 8.01. The number of carbonyl (C=O) groups excluding carboxylic acids is 2. The Bertz CT molecular complexity index is 1240. The molecule has 1 atom stereocenters. The van der Waals surface area contributed by atoms with E-state index < -0.39 is 0 Å². The Hall–Kier alpha value is -2.64. The molecule has 0 bridgehead atoms. The summed E-state index contributed by atoms with van der Waals surface area (Å²) in [6, 6.07) is 12.5. The predicted octanol–water partition coefficient (Wildman–Crippen LogP) is 6.00. The van der Waals surface area contributed by atoms with Crippen LogP contribution in [0, 0.1) is 5.92 Å². The highest BCUT2D eigenvalue weighted by atomic mass is 32.1. The van der Waals surface area contributed by atoms with Crippen molar-refractivity contribution in [1.29, 1.82) is 0 Å². The fourth-order valence-corrected chi connectivity index (χ4v) is 7.48. The third-order valence-corrected chi connectivity index (χ3v) is 9.33. The summed E-state index contributed by atoms with van der Waals surface area (Å²) in [6.45, 7) is 3.23. The summed E-state index contributed by atoms with van der Waals surface area (Å²) in [5.41, 5.74) is 3.58. The molecular formula is C30H39N3O3S. The SMILES string of the molecule is COC(=O)c1cc2c(C3CCCCC3)c(-c3ccccc3)n(CC(=O)N(C)CC3CCCN(C)C3)c2s1. The molecule has 1 saturated carbocycles. The summed E-state index contributed by atoms with van der Waals surface area (Å²) >= 11 is 1.45. The number of thiophene rings is 1. The molecule has 1 unspecified atom stereocenters. The van der Waals surface area contributed by atoms with Crippen molar-refractivity contribution in [3.63, 3.8) is 0 Å². The highest BCUT2D eigenvalue weighted by Crippen LogP contribution is 2.46. The molecule has 2 aliphatic rings. The fourth-order valence-electron chi connectivity index (χ4n) is 6.38. The van der Waals surface area contributed by atoms with Crippen molar-refractivity contribution in [3.8, 4) is 11.3 Å². The van der Waals surface area contributed by atoms with Gasteiger partial charge in [-0.3, -0.25) is 4.79 Å². The van der Waals surface area contributed by atoms with E-state index in [1.807, 2.05) is 24.1 Å². The second kappa shape index (κ2) is 11.4. The summed E-state index contributed by atoms with van der Waals surface area (Å²) in [5.74, 6) is 0.744. The van der Waals surface area contributed by atoms with Crippen molar-refractivity contribution >= 4 is 33.4 Å². The van der Waals surface area contributed by atoms with Gasteiger partial charge < -0.3 is 19.1 Å². The highest BCUT2D eigenvalue weighted by molar-refractivity contribution is 7.20. The molecule has 0 N–H and O–H groups in total. The average Bonchev–Trinajstić information content (AvgIpc) is 3.47. The molecule has 1 aliphatic carbocycles. The number of esters is 1. The van der Waals surface area contributed by atoms with Crippen LogP contribution in [0.2, 0.25) is 0 Å². The molecule has 198 valence electrons. The number of likely N-dealkylation sites (tertiary alicyclic amines) is 1. The number of ether oxygens (including phenoxy) is 1. The Labute approximate surface area is 224 Å². The van der Waals surface area contributed by atoms with Crippen LogP contribution >= 0.6 is 11.3 Å². The van der Waals surface area contributed by atoms with Gasteiger partial charge in [0.05, 0.1) is 12.8 Å². The number of nitrogens with zero attached hydrogens (tertiary/aromatic N) is 3. The number of benzene rings is 1. The monoisotopic (exact) mass is 521 g/mol. The average molecular weight is 522 g/mol. The first-order valence-corrected chi connectivity index (χ1v) is 14.5. The quantitative estimate of drug-likeness (QED) is 0.358. The number of methoxy groups -OCH3 is 1. The van der Waals surface area contributed by atoms with Gasteiger partial charge in [0.15, 0.2) is 0 Å². The normalized spacial score (nSPS) is 19.3. The standard InChI is InChI=1S/C30H39N3O3S/c1-31-16-10-11-21(18-31)19-32(2)26(34)20-33-28(23-14-8-5-9-15-23)27(22-12-6-4-7-13-22)24-17-25(30(35)36-3)37-29(24)33/h5,8-9,14-15,17,21-22H,4,6-7,10-13,16,18-20H2,1-3H3. The Balaban J connectivity index is 1.56. The van der Waals surface area contributed by atoms with Gasteiger partial charge in [-0.25, -0.2) is 4.79 Å². The van der Waals surface area contributed by atoms with Crippen LogP contribution in [0.25, 0.3) is 21.5 Å². The van der Waals surface area contributed by atoms with Gasteiger partial charge in [-0.15, -0.1) is 11.3 Å².